The van der Waals surface area contributed by atoms with Crippen molar-refractivity contribution in [3.63, 3.8) is 0 Å². The standard InChI is InChI=1S/C16H26N2S/c1-4-15(17)11-14-7-5-6-8-16(14)18-9-10-19-13(3)12(18)2/h5-8,12-13,15H,4,9-11,17H2,1-3H3. The summed E-state index contributed by atoms with van der Waals surface area (Å²) in [6, 6.07) is 9.65. The molecule has 1 saturated heterocycles. The molecular weight excluding hydrogens is 252 g/mol. The molecule has 2 N–H and O–H groups in total. The first-order chi connectivity index (χ1) is 9.13. The van der Waals surface area contributed by atoms with E-state index >= 15 is 0 Å². The van der Waals surface area contributed by atoms with Gasteiger partial charge in [0.1, 0.15) is 0 Å². The molecular formula is C16H26N2S. The molecule has 0 saturated carbocycles. The fraction of sp³-hybridized carbons (Fsp3) is 0.625. The average Bonchev–Trinajstić information content (AvgIpc) is 2.42. The minimum absolute atomic E-state index is 0.271. The van der Waals surface area contributed by atoms with Crippen LogP contribution in [0.15, 0.2) is 24.3 Å². The van der Waals surface area contributed by atoms with Crippen molar-refractivity contribution in [3.05, 3.63) is 29.8 Å². The van der Waals surface area contributed by atoms with Crippen LogP contribution >= 0.6 is 11.8 Å². The molecule has 106 valence electrons. The van der Waals surface area contributed by atoms with E-state index in [0.29, 0.717) is 11.3 Å². The largest absolute Gasteiger partial charge is 0.367 e. The lowest BCUT2D eigenvalue weighted by molar-refractivity contribution is 0.613. The number of anilines is 1. The molecule has 1 aliphatic rings. The minimum atomic E-state index is 0.271. The number of hydrogen-bond acceptors (Lipinski definition) is 3. The van der Waals surface area contributed by atoms with Crippen LogP contribution in [-0.2, 0) is 6.42 Å². The summed E-state index contributed by atoms with van der Waals surface area (Å²) in [5.41, 5.74) is 8.94. The number of hydrogen-bond donors (Lipinski definition) is 1. The quantitative estimate of drug-likeness (QED) is 0.916. The van der Waals surface area contributed by atoms with E-state index in [9.17, 15) is 0 Å². The van der Waals surface area contributed by atoms with E-state index in [1.165, 1.54) is 17.0 Å². The van der Waals surface area contributed by atoms with Gasteiger partial charge in [0.25, 0.3) is 0 Å². The van der Waals surface area contributed by atoms with E-state index in [1.54, 1.807) is 0 Å². The monoisotopic (exact) mass is 278 g/mol. The maximum absolute atomic E-state index is 6.14. The van der Waals surface area contributed by atoms with Gasteiger partial charge < -0.3 is 10.6 Å². The van der Waals surface area contributed by atoms with Crippen molar-refractivity contribution in [1.29, 1.82) is 0 Å². The third-order valence-corrected chi connectivity index (χ3v) is 5.53. The first-order valence-corrected chi connectivity index (χ1v) is 8.40. The highest BCUT2D eigenvalue weighted by molar-refractivity contribution is 8.00. The van der Waals surface area contributed by atoms with Gasteiger partial charge in [0.2, 0.25) is 0 Å². The Labute approximate surface area is 121 Å². The van der Waals surface area contributed by atoms with Crippen molar-refractivity contribution in [2.24, 2.45) is 5.73 Å². The average molecular weight is 278 g/mol. The van der Waals surface area contributed by atoms with Gasteiger partial charge in [0.05, 0.1) is 0 Å². The van der Waals surface area contributed by atoms with Gasteiger partial charge in [-0.1, -0.05) is 32.0 Å². The lowest BCUT2D eigenvalue weighted by Gasteiger charge is -2.40. The van der Waals surface area contributed by atoms with Crippen LogP contribution in [0.25, 0.3) is 0 Å². The Morgan fingerprint density at radius 3 is 2.84 bits per heavy atom. The Morgan fingerprint density at radius 2 is 2.11 bits per heavy atom. The third kappa shape index (κ3) is 3.46. The van der Waals surface area contributed by atoms with E-state index in [0.717, 1.165) is 19.4 Å². The molecule has 0 aromatic heterocycles. The van der Waals surface area contributed by atoms with Gasteiger partial charge in [-0.3, -0.25) is 0 Å². The molecule has 2 nitrogen and oxygen atoms in total. The topological polar surface area (TPSA) is 29.3 Å². The zero-order valence-electron chi connectivity index (χ0n) is 12.3. The van der Waals surface area contributed by atoms with Crippen LogP contribution in [0.5, 0.6) is 0 Å². The number of benzene rings is 1. The Morgan fingerprint density at radius 1 is 1.37 bits per heavy atom. The molecule has 1 aromatic carbocycles. The van der Waals surface area contributed by atoms with Crippen LogP contribution in [0, 0.1) is 0 Å². The maximum Gasteiger partial charge on any atom is 0.0402 e. The second-order valence-corrected chi connectivity index (χ2v) is 7.00. The number of para-hydroxylation sites is 1. The van der Waals surface area contributed by atoms with Gasteiger partial charge >= 0.3 is 0 Å². The van der Waals surface area contributed by atoms with Crippen molar-refractivity contribution < 1.29 is 0 Å². The number of rotatable bonds is 4. The Balaban J connectivity index is 2.23. The van der Waals surface area contributed by atoms with Crippen molar-refractivity contribution in [1.82, 2.24) is 0 Å². The molecule has 0 aliphatic carbocycles. The predicted octanol–water partition coefficient (Wildman–Crippen LogP) is 3.30. The summed E-state index contributed by atoms with van der Waals surface area (Å²) in [7, 11) is 0. The molecule has 2 rings (SSSR count). The fourth-order valence-corrected chi connectivity index (χ4v) is 3.76. The van der Waals surface area contributed by atoms with E-state index in [1.807, 2.05) is 0 Å². The number of thioether (sulfide) groups is 1. The van der Waals surface area contributed by atoms with Gasteiger partial charge in [-0.05, 0) is 31.4 Å². The Bertz CT molecular complexity index is 407. The molecule has 0 spiro atoms. The highest BCUT2D eigenvalue weighted by atomic mass is 32.2. The second kappa shape index (κ2) is 6.67. The van der Waals surface area contributed by atoms with Gasteiger partial charge in [-0.15, -0.1) is 0 Å². The SMILES string of the molecule is CCC(N)Cc1ccccc1N1CCSC(C)C1C. The molecule has 1 aliphatic heterocycles. The summed E-state index contributed by atoms with van der Waals surface area (Å²) in [6.45, 7) is 7.99. The fourth-order valence-electron chi connectivity index (χ4n) is 2.66. The van der Waals surface area contributed by atoms with Crippen molar-refractivity contribution in [3.8, 4) is 0 Å². The van der Waals surface area contributed by atoms with E-state index in [2.05, 4.69) is 61.7 Å². The van der Waals surface area contributed by atoms with Crippen molar-refractivity contribution in [2.75, 3.05) is 17.2 Å². The number of nitrogens with zero attached hydrogens (tertiary/aromatic N) is 1. The zero-order chi connectivity index (χ0) is 13.8. The molecule has 3 atom stereocenters. The molecule has 0 radical (unpaired) electrons. The predicted molar refractivity (Wildman–Crippen MR) is 87.1 cm³/mol. The van der Waals surface area contributed by atoms with Crippen LogP contribution < -0.4 is 10.6 Å². The molecule has 0 amide bonds. The summed E-state index contributed by atoms with van der Waals surface area (Å²) in [4.78, 5) is 2.57. The highest BCUT2D eigenvalue weighted by Gasteiger charge is 2.26. The summed E-state index contributed by atoms with van der Waals surface area (Å²) in [5.74, 6) is 1.22. The zero-order valence-corrected chi connectivity index (χ0v) is 13.1. The van der Waals surface area contributed by atoms with E-state index in [4.69, 9.17) is 5.73 Å². The summed E-state index contributed by atoms with van der Waals surface area (Å²) < 4.78 is 0. The van der Waals surface area contributed by atoms with Crippen LogP contribution in [0.1, 0.15) is 32.8 Å². The molecule has 1 aromatic rings. The van der Waals surface area contributed by atoms with Crippen molar-refractivity contribution >= 4 is 17.4 Å². The van der Waals surface area contributed by atoms with Crippen molar-refractivity contribution in [2.45, 2.75) is 50.9 Å². The van der Waals surface area contributed by atoms with Crippen LogP contribution in [0.3, 0.4) is 0 Å². The van der Waals surface area contributed by atoms with Crippen LogP contribution in [0.4, 0.5) is 5.69 Å². The second-order valence-electron chi connectivity index (χ2n) is 5.51. The normalized spacial score (nSPS) is 25.4. The summed E-state index contributed by atoms with van der Waals surface area (Å²) in [5, 5.41) is 0.696. The molecule has 3 heteroatoms. The molecule has 0 bridgehead atoms. The first kappa shape index (κ1) is 14.7. The molecule has 1 fully saturated rings. The minimum Gasteiger partial charge on any atom is -0.367 e. The van der Waals surface area contributed by atoms with E-state index < -0.39 is 0 Å². The summed E-state index contributed by atoms with van der Waals surface area (Å²) >= 11 is 2.08. The molecule has 19 heavy (non-hydrogen) atoms. The Hall–Kier alpha value is -0.670. The number of nitrogens with two attached hydrogens (primary N) is 1. The van der Waals surface area contributed by atoms with Gasteiger partial charge in [0.15, 0.2) is 0 Å². The molecule has 1 heterocycles. The summed E-state index contributed by atoms with van der Waals surface area (Å²) in [6.07, 6.45) is 2.02. The highest BCUT2D eigenvalue weighted by Crippen LogP contribution is 2.31. The molecule has 3 unspecified atom stereocenters. The third-order valence-electron chi connectivity index (χ3n) is 4.19. The smallest absolute Gasteiger partial charge is 0.0402 e. The maximum atomic E-state index is 6.14. The van der Waals surface area contributed by atoms with E-state index in [-0.39, 0.29) is 6.04 Å². The lowest BCUT2D eigenvalue weighted by atomic mass is 10.0. The van der Waals surface area contributed by atoms with Crippen LogP contribution in [0.2, 0.25) is 0 Å². The Kier molecular flexibility index (Phi) is 5.17. The first-order valence-electron chi connectivity index (χ1n) is 7.35. The van der Waals surface area contributed by atoms with Gasteiger partial charge in [-0.2, -0.15) is 11.8 Å². The van der Waals surface area contributed by atoms with Crippen LogP contribution in [-0.4, -0.2) is 29.6 Å². The van der Waals surface area contributed by atoms with Gasteiger partial charge in [0, 0.05) is 35.3 Å². The lowest BCUT2D eigenvalue weighted by Crippen LogP contribution is -2.45. The van der Waals surface area contributed by atoms with Gasteiger partial charge in [-0.25, -0.2) is 0 Å².